The molecule has 0 aliphatic carbocycles. The highest BCUT2D eigenvalue weighted by molar-refractivity contribution is 7.14. The van der Waals surface area contributed by atoms with Gasteiger partial charge in [0.25, 0.3) is 0 Å². The van der Waals surface area contributed by atoms with Crippen LogP contribution in [0.15, 0.2) is 59.0 Å². The summed E-state index contributed by atoms with van der Waals surface area (Å²) in [4.78, 5) is 4.52. The van der Waals surface area contributed by atoms with Crippen molar-refractivity contribution >= 4 is 22.7 Å². The molecular weight excluding hydrogens is 373 g/mol. The van der Waals surface area contributed by atoms with Gasteiger partial charge in [-0.1, -0.05) is 62.6 Å². The summed E-state index contributed by atoms with van der Waals surface area (Å²) < 4.78 is 19.5. The van der Waals surface area contributed by atoms with Crippen LogP contribution in [0.2, 0.25) is 0 Å². The van der Waals surface area contributed by atoms with Crippen molar-refractivity contribution in [1.29, 1.82) is 0 Å². The third-order valence-electron chi connectivity index (χ3n) is 4.16. The predicted molar refractivity (Wildman–Crippen MR) is 115 cm³/mol. The minimum absolute atomic E-state index is 0.265. The molecule has 0 spiro atoms. The molecule has 0 amide bonds. The first-order chi connectivity index (χ1) is 13.8. The van der Waals surface area contributed by atoms with Gasteiger partial charge in [0.1, 0.15) is 0 Å². The number of unbranched alkanes of at least 4 members (excludes halogenated alkanes) is 3. The zero-order chi connectivity index (χ0) is 19.6. The van der Waals surface area contributed by atoms with E-state index in [2.05, 4.69) is 22.4 Å². The van der Waals surface area contributed by atoms with Gasteiger partial charge in [0.2, 0.25) is 5.13 Å². The maximum Gasteiger partial charge on any atom is 0.203 e. The number of aromatic nitrogens is 1. The minimum Gasteiger partial charge on any atom is -0.490 e. The number of ether oxygens (including phenoxy) is 1. The molecule has 6 heteroatoms. The van der Waals surface area contributed by atoms with Crippen molar-refractivity contribution in [1.82, 2.24) is 4.98 Å². The van der Waals surface area contributed by atoms with Crippen molar-refractivity contribution in [2.75, 3.05) is 12.0 Å². The van der Waals surface area contributed by atoms with E-state index in [-0.39, 0.29) is 11.6 Å². The summed E-state index contributed by atoms with van der Waals surface area (Å²) in [7, 11) is 0. The quantitative estimate of drug-likeness (QED) is 0.246. The van der Waals surface area contributed by atoms with Crippen LogP contribution in [0.5, 0.6) is 5.75 Å². The summed E-state index contributed by atoms with van der Waals surface area (Å²) in [6.07, 6.45) is 6.00. The van der Waals surface area contributed by atoms with Gasteiger partial charge in [-0.2, -0.15) is 5.10 Å². The van der Waals surface area contributed by atoms with Crippen LogP contribution in [0.4, 0.5) is 9.52 Å². The molecule has 4 nitrogen and oxygen atoms in total. The summed E-state index contributed by atoms with van der Waals surface area (Å²) in [6.45, 7) is 2.68. The second-order valence-electron chi connectivity index (χ2n) is 6.37. The lowest BCUT2D eigenvalue weighted by Gasteiger charge is -2.07. The lowest BCUT2D eigenvalue weighted by atomic mass is 10.2. The van der Waals surface area contributed by atoms with E-state index in [1.807, 2.05) is 35.7 Å². The molecule has 0 bridgehead atoms. The molecule has 1 heterocycles. The Labute approximate surface area is 169 Å². The molecule has 0 atom stereocenters. The van der Waals surface area contributed by atoms with E-state index < -0.39 is 0 Å². The molecule has 28 heavy (non-hydrogen) atoms. The van der Waals surface area contributed by atoms with Crippen LogP contribution >= 0.6 is 11.3 Å². The van der Waals surface area contributed by atoms with Crippen molar-refractivity contribution in [3.05, 3.63) is 65.3 Å². The van der Waals surface area contributed by atoms with Crippen molar-refractivity contribution in [3.63, 3.8) is 0 Å². The van der Waals surface area contributed by atoms with Gasteiger partial charge >= 0.3 is 0 Å². The van der Waals surface area contributed by atoms with E-state index in [1.165, 1.54) is 30.2 Å². The number of thiazole rings is 1. The Hall–Kier alpha value is -2.73. The first-order valence-corrected chi connectivity index (χ1v) is 10.4. The molecule has 0 saturated heterocycles. The van der Waals surface area contributed by atoms with Crippen LogP contribution in [0.3, 0.4) is 0 Å². The minimum atomic E-state index is -0.354. The number of benzene rings is 2. The van der Waals surface area contributed by atoms with Gasteiger partial charge in [0.15, 0.2) is 11.6 Å². The third kappa shape index (κ3) is 5.89. The Kier molecular flexibility index (Phi) is 7.55. The Morgan fingerprint density at radius 3 is 2.82 bits per heavy atom. The van der Waals surface area contributed by atoms with E-state index in [4.69, 9.17) is 4.74 Å². The van der Waals surface area contributed by atoms with Crippen molar-refractivity contribution in [2.45, 2.75) is 32.6 Å². The van der Waals surface area contributed by atoms with Crippen molar-refractivity contribution in [3.8, 4) is 17.0 Å². The Balaban J connectivity index is 1.55. The van der Waals surface area contributed by atoms with E-state index in [0.29, 0.717) is 11.7 Å². The molecule has 0 saturated carbocycles. The zero-order valence-electron chi connectivity index (χ0n) is 15.9. The molecule has 0 unspecified atom stereocenters. The largest absolute Gasteiger partial charge is 0.490 e. The fourth-order valence-electron chi connectivity index (χ4n) is 2.65. The van der Waals surface area contributed by atoms with Gasteiger partial charge in [0, 0.05) is 10.9 Å². The van der Waals surface area contributed by atoms with Gasteiger partial charge in [-0.3, -0.25) is 5.43 Å². The first-order valence-electron chi connectivity index (χ1n) is 9.48. The molecule has 0 aliphatic rings. The number of anilines is 1. The van der Waals surface area contributed by atoms with Crippen LogP contribution in [-0.4, -0.2) is 17.8 Å². The normalized spacial score (nSPS) is 11.1. The second kappa shape index (κ2) is 10.6. The summed E-state index contributed by atoms with van der Waals surface area (Å²) in [5.41, 5.74) is 5.66. The van der Waals surface area contributed by atoms with Gasteiger partial charge < -0.3 is 4.74 Å². The lowest BCUT2D eigenvalue weighted by molar-refractivity contribution is 0.290. The predicted octanol–water partition coefficient (Wildman–Crippen LogP) is 6.35. The molecule has 0 fully saturated rings. The van der Waals surface area contributed by atoms with Gasteiger partial charge in [-0.15, -0.1) is 11.3 Å². The molecule has 1 aromatic heterocycles. The van der Waals surface area contributed by atoms with Crippen molar-refractivity contribution < 1.29 is 9.13 Å². The molecule has 1 N–H and O–H groups in total. The maximum absolute atomic E-state index is 13.9. The molecule has 0 radical (unpaired) electrons. The SMILES string of the molecule is CCCCCCOc1cc(C=NNc2nc(-c3ccccc3)cs2)ccc1F. The maximum atomic E-state index is 13.9. The standard InChI is InChI=1S/C22H24FN3OS/c1-2-3-4-8-13-27-21-14-17(11-12-19(21)23)15-24-26-22-25-20(16-28-22)18-9-6-5-7-10-18/h5-7,9-12,14-16H,2-4,8,13H2,1H3,(H,25,26). The number of hydrogen-bond acceptors (Lipinski definition) is 5. The summed E-state index contributed by atoms with van der Waals surface area (Å²) in [5, 5.41) is 6.89. The fourth-order valence-corrected chi connectivity index (χ4v) is 3.32. The average molecular weight is 398 g/mol. The molecule has 2 aromatic carbocycles. The number of halogens is 1. The number of nitrogens with zero attached hydrogens (tertiary/aromatic N) is 2. The van der Waals surface area contributed by atoms with Crippen LogP contribution in [-0.2, 0) is 0 Å². The first kappa shape index (κ1) is 20.0. The van der Waals surface area contributed by atoms with Crippen molar-refractivity contribution in [2.24, 2.45) is 5.10 Å². The fraction of sp³-hybridized carbons (Fsp3) is 0.273. The zero-order valence-corrected chi connectivity index (χ0v) is 16.7. The molecular formula is C22H24FN3OS. The highest BCUT2D eigenvalue weighted by Gasteiger charge is 2.05. The second-order valence-corrected chi connectivity index (χ2v) is 7.23. The van der Waals surface area contributed by atoms with E-state index in [0.717, 1.165) is 29.7 Å². The lowest BCUT2D eigenvalue weighted by Crippen LogP contribution is -2.00. The highest BCUT2D eigenvalue weighted by Crippen LogP contribution is 2.24. The number of rotatable bonds is 10. The van der Waals surface area contributed by atoms with Crippen LogP contribution in [0.1, 0.15) is 38.2 Å². The van der Waals surface area contributed by atoms with Gasteiger partial charge in [-0.05, 0) is 24.1 Å². The van der Waals surface area contributed by atoms with Crippen LogP contribution < -0.4 is 10.2 Å². The van der Waals surface area contributed by atoms with Gasteiger partial charge in [0.05, 0.1) is 18.5 Å². The van der Waals surface area contributed by atoms with Crippen LogP contribution in [0, 0.1) is 5.82 Å². The third-order valence-corrected chi connectivity index (χ3v) is 4.91. The highest BCUT2D eigenvalue weighted by atomic mass is 32.1. The van der Waals surface area contributed by atoms with E-state index in [9.17, 15) is 4.39 Å². The molecule has 3 aromatic rings. The summed E-state index contributed by atoms with van der Waals surface area (Å²) >= 11 is 1.48. The Bertz CT molecular complexity index is 896. The smallest absolute Gasteiger partial charge is 0.203 e. The van der Waals surface area contributed by atoms with Crippen LogP contribution in [0.25, 0.3) is 11.3 Å². The summed E-state index contributed by atoms with van der Waals surface area (Å²) in [5.74, 6) is -0.0888. The Morgan fingerprint density at radius 1 is 1.14 bits per heavy atom. The molecule has 3 rings (SSSR count). The molecule has 146 valence electrons. The number of nitrogens with one attached hydrogen (secondary N) is 1. The van der Waals surface area contributed by atoms with Gasteiger partial charge in [-0.25, -0.2) is 9.37 Å². The topological polar surface area (TPSA) is 46.5 Å². The number of hydrazone groups is 1. The van der Waals surface area contributed by atoms with E-state index >= 15 is 0 Å². The summed E-state index contributed by atoms with van der Waals surface area (Å²) in [6, 6.07) is 14.7. The Morgan fingerprint density at radius 2 is 2.00 bits per heavy atom. The molecule has 0 aliphatic heterocycles. The van der Waals surface area contributed by atoms with E-state index in [1.54, 1.807) is 18.3 Å². The number of hydrogen-bond donors (Lipinski definition) is 1. The monoisotopic (exact) mass is 397 g/mol. The average Bonchev–Trinajstić information content (AvgIpc) is 3.19.